The number of pyridine rings is 1. The minimum atomic E-state index is -3.90. The van der Waals surface area contributed by atoms with Crippen molar-refractivity contribution >= 4 is 44.7 Å². The van der Waals surface area contributed by atoms with Crippen LogP contribution in [0.3, 0.4) is 0 Å². The van der Waals surface area contributed by atoms with Crippen molar-refractivity contribution in [2.24, 2.45) is 17.3 Å². The molecule has 0 radical (unpaired) electrons. The molecule has 6 aliphatic rings. The van der Waals surface area contributed by atoms with Crippen molar-refractivity contribution in [1.29, 1.82) is 0 Å². The summed E-state index contributed by atoms with van der Waals surface area (Å²) in [6.45, 7) is 8.08. The molecule has 7 atom stereocenters. The van der Waals surface area contributed by atoms with Crippen LogP contribution in [0.4, 0.5) is 4.79 Å². The van der Waals surface area contributed by atoms with Gasteiger partial charge in [0.2, 0.25) is 21.8 Å². The maximum absolute atomic E-state index is 15.0. The molecule has 3 heterocycles. The van der Waals surface area contributed by atoms with Gasteiger partial charge in [0.25, 0.3) is 5.91 Å². The van der Waals surface area contributed by atoms with Crippen LogP contribution in [0.2, 0.25) is 0 Å². The Kier molecular flexibility index (Phi) is 11.1. The second-order valence-corrected chi connectivity index (χ2v) is 20.4. The van der Waals surface area contributed by atoms with E-state index in [1.807, 2.05) is 31.2 Å². The summed E-state index contributed by atoms with van der Waals surface area (Å²) >= 11 is 0. The highest BCUT2D eigenvalue weighted by molar-refractivity contribution is 7.91. The van der Waals surface area contributed by atoms with Crippen molar-refractivity contribution in [2.75, 3.05) is 13.7 Å². The molecule has 2 bridgehead atoms. The minimum absolute atomic E-state index is 0.0301. The Labute approximate surface area is 347 Å². The van der Waals surface area contributed by atoms with Gasteiger partial charge in [0.05, 0.1) is 30.1 Å². The lowest BCUT2D eigenvalue weighted by Crippen LogP contribution is -2.59. The maximum atomic E-state index is 15.0. The van der Waals surface area contributed by atoms with E-state index in [1.54, 1.807) is 7.11 Å². The maximum Gasteiger partial charge on any atom is 0.408 e. The lowest BCUT2D eigenvalue weighted by Gasteiger charge is -2.41. The molecule has 2 aromatic rings. The van der Waals surface area contributed by atoms with Crippen LogP contribution in [0.25, 0.3) is 10.9 Å². The van der Waals surface area contributed by atoms with Gasteiger partial charge >= 0.3 is 6.09 Å². The van der Waals surface area contributed by atoms with E-state index in [0.717, 1.165) is 87.2 Å². The first-order chi connectivity index (χ1) is 28.2. The molecular weight excluding hydrogens is 775 g/mol. The van der Waals surface area contributed by atoms with E-state index in [1.165, 1.54) is 11.0 Å². The van der Waals surface area contributed by atoms with E-state index in [2.05, 4.69) is 28.9 Å². The number of hydrogen-bond donors (Lipinski definition) is 3. The van der Waals surface area contributed by atoms with Gasteiger partial charge in [-0.05, 0) is 108 Å². The molecule has 3 N–H and O–H groups in total. The van der Waals surface area contributed by atoms with Crippen molar-refractivity contribution in [3.05, 3.63) is 42.6 Å². The van der Waals surface area contributed by atoms with Crippen molar-refractivity contribution in [3.63, 3.8) is 0 Å². The highest BCUT2D eigenvalue weighted by atomic mass is 32.2. The van der Waals surface area contributed by atoms with Crippen LogP contribution in [-0.2, 0) is 35.6 Å². The van der Waals surface area contributed by atoms with Crippen LogP contribution in [0.15, 0.2) is 36.9 Å². The SMILES string of the molecule is C=C[C@@H]1C[C@]1(NC(=O)[C@@H]1C[C@@H]2CN1C(=O)[C@H](C1CCCC1)NC(=O)O[C@]1(C)CCC[C@@]1(C)CCCCCc1nc3ccc(OC)cc3cc1O2)C(=O)NS(=O)(=O)C1CC1. The summed E-state index contributed by atoms with van der Waals surface area (Å²) in [5.74, 6) is -1.29. The molecule has 1 aromatic heterocycles. The molecular formula is C44H59N5O9S. The lowest BCUT2D eigenvalue weighted by molar-refractivity contribution is -0.142. The molecule has 59 heavy (non-hydrogen) atoms. The molecule has 14 nitrogen and oxygen atoms in total. The monoisotopic (exact) mass is 833 g/mol. The Morgan fingerprint density at radius 2 is 1.78 bits per heavy atom. The first-order valence-electron chi connectivity index (χ1n) is 21.6. The van der Waals surface area contributed by atoms with Gasteiger partial charge in [-0.1, -0.05) is 38.7 Å². The summed E-state index contributed by atoms with van der Waals surface area (Å²) in [4.78, 5) is 63.8. The third-order valence-electron chi connectivity index (χ3n) is 14.5. The van der Waals surface area contributed by atoms with E-state index >= 15 is 4.79 Å². The van der Waals surface area contributed by atoms with Crippen LogP contribution >= 0.6 is 0 Å². The summed E-state index contributed by atoms with van der Waals surface area (Å²) < 4.78 is 46.5. The Balaban J connectivity index is 1.15. The van der Waals surface area contributed by atoms with E-state index < -0.39 is 74.3 Å². The normalized spacial score (nSPS) is 33.0. The number of ether oxygens (including phenoxy) is 3. The average molecular weight is 834 g/mol. The molecule has 4 saturated carbocycles. The van der Waals surface area contributed by atoms with Crippen molar-refractivity contribution in [2.45, 2.75) is 151 Å². The Hall–Kier alpha value is -4.40. The van der Waals surface area contributed by atoms with Crippen LogP contribution in [0, 0.1) is 17.3 Å². The van der Waals surface area contributed by atoms with Crippen molar-refractivity contribution in [1.82, 2.24) is 25.2 Å². The zero-order valence-electron chi connectivity index (χ0n) is 34.6. The molecule has 0 unspecified atom stereocenters. The highest BCUT2D eigenvalue weighted by Gasteiger charge is 2.62. The number of carbonyl (C=O) groups excluding carboxylic acids is 4. The van der Waals surface area contributed by atoms with Gasteiger partial charge in [-0.3, -0.25) is 19.1 Å². The summed E-state index contributed by atoms with van der Waals surface area (Å²) in [5.41, 5.74) is -0.917. The second kappa shape index (κ2) is 15.9. The molecule has 4 amide bonds. The molecule has 4 aliphatic carbocycles. The number of nitrogens with zero attached hydrogens (tertiary/aromatic N) is 2. The minimum Gasteiger partial charge on any atom is -0.497 e. The van der Waals surface area contributed by atoms with E-state index in [-0.39, 0.29) is 30.7 Å². The van der Waals surface area contributed by atoms with Crippen LogP contribution in [0.5, 0.6) is 11.5 Å². The zero-order chi connectivity index (χ0) is 41.7. The summed E-state index contributed by atoms with van der Waals surface area (Å²) in [5, 5.41) is 6.07. The quantitative estimate of drug-likeness (QED) is 0.283. The number of carbonyl (C=O) groups is 4. The van der Waals surface area contributed by atoms with Gasteiger partial charge in [0.1, 0.15) is 40.8 Å². The number of methoxy groups -OCH3 is 1. The third kappa shape index (κ3) is 8.12. The molecule has 5 fully saturated rings. The van der Waals surface area contributed by atoms with Gasteiger partial charge in [-0.25, -0.2) is 18.2 Å². The Morgan fingerprint density at radius 1 is 1.02 bits per heavy atom. The average Bonchev–Trinajstić information content (AvgIpc) is 4.04. The van der Waals surface area contributed by atoms with Gasteiger partial charge in [0, 0.05) is 23.1 Å². The number of aryl methyl sites for hydroxylation is 1. The van der Waals surface area contributed by atoms with Gasteiger partial charge in [-0.2, -0.15) is 0 Å². The van der Waals surface area contributed by atoms with Crippen LogP contribution in [-0.4, -0.2) is 90.3 Å². The first kappa shape index (κ1) is 41.3. The molecule has 8 rings (SSSR count). The second-order valence-electron chi connectivity index (χ2n) is 18.4. The number of nitrogens with one attached hydrogen (secondary N) is 3. The third-order valence-corrected chi connectivity index (χ3v) is 16.3. The summed E-state index contributed by atoms with van der Waals surface area (Å²) in [6, 6.07) is 5.58. The van der Waals surface area contributed by atoms with Crippen molar-refractivity contribution < 1.29 is 41.8 Å². The predicted molar refractivity (Wildman–Crippen MR) is 220 cm³/mol. The topological polar surface area (TPSA) is 182 Å². The predicted octanol–water partition coefficient (Wildman–Crippen LogP) is 5.61. The Morgan fingerprint density at radius 3 is 2.49 bits per heavy atom. The lowest BCUT2D eigenvalue weighted by atomic mass is 9.73. The van der Waals surface area contributed by atoms with Crippen molar-refractivity contribution in [3.8, 4) is 11.5 Å². The number of fused-ring (bicyclic) bond motifs is 5. The fraction of sp³-hybridized carbons (Fsp3) is 0.659. The molecule has 2 aliphatic heterocycles. The van der Waals surface area contributed by atoms with E-state index in [4.69, 9.17) is 19.2 Å². The fourth-order valence-electron chi connectivity index (χ4n) is 10.3. The van der Waals surface area contributed by atoms with Crippen LogP contribution < -0.4 is 24.8 Å². The molecule has 1 aromatic carbocycles. The smallest absolute Gasteiger partial charge is 0.408 e. The van der Waals surface area contributed by atoms with Gasteiger partial charge in [-0.15, -0.1) is 6.58 Å². The summed E-state index contributed by atoms with van der Waals surface area (Å²) in [7, 11) is -2.29. The summed E-state index contributed by atoms with van der Waals surface area (Å²) in [6.07, 6.45) is 11.6. The number of hydrogen-bond acceptors (Lipinski definition) is 10. The standard InChI is InChI=1S/C44H59N5O9S/c1-5-29-25-44(29,40(52)48-59(54,55)32-16-17-32)47-38(50)35-24-31-26-49(35)39(51)37(27-12-8-9-13-27)46-41(53)58-43(3)21-11-20-42(43,2)19-10-6-7-14-34-36(57-31)23-28-22-30(56-4)15-18-33(28)45-34/h5,15,18,22-23,27,29,31-32,35,37H,1,6-14,16-17,19-21,24-26H2,2-4H3,(H,46,53)(H,47,50)(H,48,52)/t29-,31-,35+,37+,42-,43-,44-/m1/s1. The van der Waals surface area contributed by atoms with E-state index in [0.29, 0.717) is 30.8 Å². The number of aromatic nitrogens is 1. The first-order valence-corrected chi connectivity index (χ1v) is 23.2. The largest absolute Gasteiger partial charge is 0.497 e. The Bertz CT molecular complexity index is 2120. The van der Waals surface area contributed by atoms with Gasteiger partial charge in [0.15, 0.2) is 0 Å². The number of amides is 4. The fourth-order valence-corrected chi connectivity index (χ4v) is 11.7. The highest BCUT2D eigenvalue weighted by Crippen LogP contribution is 2.52. The number of alkyl carbamates (subject to hydrolysis) is 1. The molecule has 1 saturated heterocycles. The molecule has 15 heteroatoms. The molecule has 0 spiro atoms. The number of sulfonamides is 1. The number of benzene rings is 1. The van der Waals surface area contributed by atoms with Gasteiger partial charge < -0.3 is 29.7 Å². The van der Waals surface area contributed by atoms with Crippen LogP contribution in [0.1, 0.15) is 116 Å². The zero-order valence-corrected chi connectivity index (χ0v) is 35.4. The molecule has 320 valence electrons. The van der Waals surface area contributed by atoms with E-state index in [9.17, 15) is 22.8 Å². The number of rotatable bonds is 8.